The van der Waals surface area contributed by atoms with E-state index in [0.717, 1.165) is 11.4 Å². The standard InChI is InChI=1S/C10H8N2.4C2H5.Ni/c1-3-7-11-9(5-1)10-6-2-4-8-12-10;4*1-2;/h1-8H;4*1H2,2H3;. The van der Waals surface area contributed by atoms with Gasteiger partial charge in [0.15, 0.2) is 0 Å². The fourth-order valence-electron chi connectivity index (χ4n) is 1.98. The summed E-state index contributed by atoms with van der Waals surface area (Å²) < 4.78 is 0. The van der Waals surface area contributed by atoms with E-state index in [1.165, 1.54) is 21.6 Å². The molecule has 0 bridgehead atoms. The fourth-order valence-corrected chi connectivity index (χ4v) is 4.94. The van der Waals surface area contributed by atoms with Crippen LogP contribution in [0, 0.1) is 0 Å². The number of rotatable bonds is 5. The average Bonchev–Trinajstić information content (AvgIpc) is 2.60. The van der Waals surface area contributed by atoms with E-state index in [9.17, 15) is 0 Å². The average molecular weight is 331 g/mol. The smallest absolute Gasteiger partial charge is 0.0886 e. The van der Waals surface area contributed by atoms with Crippen molar-refractivity contribution in [3.8, 4) is 11.4 Å². The van der Waals surface area contributed by atoms with Crippen LogP contribution < -0.4 is 0 Å². The topological polar surface area (TPSA) is 25.8 Å². The van der Waals surface area contributed by atoms with Crippen LogP contribution in [0.15, 0.2) is 48.8 Å². The summed E-state index contributed by atoms with van der Waals surface area (Å²) in [6.45, 7) is 9.38. The third kappa shape index (κ3) is 5.59. The first-order valence-corrected chi connectivity index (χ1v) is 10.3. The molecule has 3 heteroatoms. The predicted octanol–water partition coefficient (Wildman–Crippen LogP) is 6.04. The van der Waals surface area contributed by atoms with Crippen molar-refractivity contribution in [2.24, 2.45) is 0 Å². The van der Waals surface area contributed by atoms with Crippen molar-refractivity contribution >= 4 is 0 Å². The molecule has 2 aromatic heterocycles. The molecule has 120 valence electrons. The minimum absolute atomic E-state index is 0.250. The monoisotopic (exact) mass is 330 g/mol. The summed E-state index contributed by atoms with van der Waals surface area (Å²) in [6.07, 6.45) is 3.54. The molecular weight excluding hydrogens is 303 g/mol. The van der Waals surface area contributed by atoms with Gasteiger partial charge in [-0.2, -0.15) is 0 Å². The summed E-state index contributed by atoms with van der Waals surface area (Å²) in [5.41, 5.74) is 1.83. The summed E-state index contributed by atoms with van der Waals surface area (Å²) in [7, 11) is 0. The molecule has 0 fully saturated rings. The van der Waals surface area contributed by atoms with Crippen molar-refractivity contribution in [2.75, 3.05) is 0 Å². The Morgan fingerprint density at radius 1 is 0.667 bits per heavy atom. The minimum Gasteiger partial charge on any atom is -0.255 e. The summed E-state index contributed by atoms with van der Waals surface area (Å²) in [6, 6.07) is 11.6. The number of nitrogens with zero attached hydrogens (tertiary/aromatic N) is 2. The third-order valence-corrected chi connectivity index (χ3v) is 9.42. The fraction of sp³-hybridized carbons (Fsp3) is 0.444. The number of aromatic nitrogens is 2. The normalized spacial score (nSPS) is 11.4. The van der Waals surface area contributed by atoms with Gasteiger partial charge in [-0.3, -0.25) is 9.97 Å². The van der Waals surface area contributed by atoms with Gasteiger partial charge < -0.3 is 0 Å². The van der Waals surface area contributed by atoms with Gasteiger partial charge in [-0.25, -0.2) is 0 Å². The van der Waals surface area contributed by atoms with Gasteiger partial charge in [-0.05, 0) is 24.3 Å². The largest absolute Gasteiger partial charge is 0.255 e. The molecule has 2 nitrogen and oxygen atoms in total. The van der Waals surface area contributed by atoms with Gasteiger partial charge in [-0.1, -0.05) is 12.1 Å². The Kier molecular flexibility index (Phi) is 8.22. The Labute approximate surface area is 132 Å². The molecule has 0 aliphatic heterocycles. The van der Waals surface area contributed by atoms with E-state index in [2.05, 4.69) is 37.7 Å². The quantitative estimate of drug-likeness (QED) is 0.625. The molecule has 0 aliphatic rings. The van der Waals surface area contributed by atoms with Crippen molar-refractivity contribution in [1.29, 1.82) is 0 Å². The molecule has 0 atom stereocenters. The molecule has 2 aromatic rings. The van der Waals surface area contributed by atoms with E-state index in [4.69, 9.17) is 0 Å². The number of pyridine rings is 2. The Morgan fingerprint density at radius 2 is 1.05 bits per heavy atom. The minimum atomic E-state index is -0.250. The van der Waals surface area contributed by atoms with E-state index in [0.29, 0.717) is 0 Å². The Bertz CT molecular complexity index is 426. The molecule has 0 saturated heterocycles. The van der Waals surface area contributed by atoms with Gasteiger partial charge >= 0.3 is 61.6 Å². The molecule has 0 spiro atoms. The maximum atomic E-state index is 4.19. The molecule has 2 rings (SSSR count). The molecule has 0 radical (unpaired) electrons. The van der Waals surface area contributed by atoms with Gasteiger partial charge in [0.2, 0.25) is 0 Å². The van der Waals surface area contributed by atoms with E-state index in [1.54, 1.807) is 12.4 Å². The van der Waals surface area contributed by atoms with Crippen LogP contribution in [0.1, 0.15) is 27.7 Å². The number of hydrogen-bond donors (Lipinski definition) is 0. The molecule has 21 heavy (non-hydrogen) atoms. The van der Waals surface area contributed by atoms with E-state index in [-0.39, 0.29) is 12.4 Å². The summed E-state index contributed by atoms with van der Waals surface area (Å²) in [5.74, 6) is 0. The van der Waals surface area contributed by atoms with E-state index >= 15 is 0 Å². The first-order valence-electron chi connectivity index (χ1n) is 7.51. The second kappa shape index (κ2) is 9.68. The van der Waals surface area contributed by atoms with Gasteiger partial charge in [0.1, 0.15) is 0 Å². The van der Waals surface area contributed by atoms with Gasteiger partial charge in [-0.15, -0.1) is 0 Å². The van der Waals surface area contributed by atoms with Crippen molar-refractivity contribution in [3.63, 3.8) is 0 Å². The van der Waals surface area contributed by atoms with Crippen LogP contribution in [0.3, 0.4) is 0 Å². The van der Waals surface area contributed by atoms with E-state index in [1.807, 2.05) is 36.4 Å². The van der Waals surface area contributed by atoms with E-state index < -0.39 is 0 Å². The molecule has 0 unspecified atom stereocenters. The first-order chi connectivity index (χ1) is 10.2. The van der Waals surface area contributed by atoms with Crippen LogP contribution in [0.2, 0.25) is 21.6 Å². The predicted molar refractivity (Wildman–Crippen MR) is 89.4 cm³/mol. The number of hydrogen-bond acceptors (Lipinski definition) is 2. The van der Waals surface area contributed by atoms with Crippen LogP contribution in [0.25, 0.3) is 11.4 Å². The molecule has 0 aliphatic carbocycles. The van der Waals surface area contributed by atoms with Crippen molar-refractivity contribution in [1.82, 2.24) is 9.97 Å². The van der Waals surface area contributed by atoms with Crippen LogP contribution in [0.4, 0.5) is 0 Å². The SMILES string of the molecule is C[CH2][Ni]([CH2]C)([CH2]C)[CH2]C.c1ccc(-c2ccccn2)nc1. The molecule has 0 N–H and O–H groups in total. The molecule has 0 saturated carbocycles. The van der Waals surface area contributed by atoms with Crippen LogP contribution in [-0.2, 0) is 12.4 Å². The van der Waals surface area contributed by atoms with Gasteiger partial charge in [0, 0.05) is 12.4 Å². The van der Waals surface area contributed by atoms with Crippen LogP contribution in [-0.4, -0.2) is 9.97 Å². The van der Waals surface area contributed by atoms with Crippen LogP contribution in [0.5, 0.6) is 0 Å². The third-order valence-electron chi connectivity index (χ3n) is 3.49. The molecule has 2 heterocycles. The first kappa shape index (κ1) is 17.8. The maximum Gasteiger partial charge on any atom is 0.0886 e. The zero-order valence-electron chi connectivity index (χ0n) is 13.7. The zero-order chi connectivity index (χ0) is 15.6. The van der Waals surface area contributed by atoms with Crippen LogP contribution >= 0.6 is 0 Å². The molecular formula is C18H28N2Ni. The van der Waals surface area contributed by atoms with Crippen molar-refractivity contribution in [2.45, 2.75) is 49.3 Å². The zero-order valence-corrected chi connectivity index (χ0v) is 14.6. The molecule has 0 amide bonds. The summed E-state index contributed by atoms with van der Waals surface area (Å²) in [5, 5.41) is 5.75. The van der Waals surface area contributed by atoms with Gasteiger partial charge in [0.25, 0.3) is 0 Å². The maximum absolute atomic E-state index is 4.19. The second-order valence-electron chi connectivity index (χ2n) is 4.27. The Balaban J connectivity index is 0.000000222. The Hall–Kier alpha value is -1.21. The van der Waals surface area contributed by atoms with Crippen molar-refractivity contribution < 1.29 is 12.4 Å². The summed E-state index contributed by atoms with van der Waals surface area (Å²) in [4.78, 5) is 8.37. The van der Waals surface area contributed by atoms with Gasteiger partial charge in [0.05, 0.1) is 11.4 Å². The Morgan fingerprint density at radius 3 is 1.24 bits per heavy atom. The molecule has 0 aromatic carbocycles. The summed E-state index contributed by atoms with van der Waals surface area (Å²) >= 11 is -0.250. The van der Waals surface area contributed by atoms with Crippen molar-refractivity contribution in [3.05, 3.63) is 48.8 Å². The second-order valence-corrected chi connectivity index (χ2v) is 10.0.